The summed E-state index contributed by atoms with van der Waals surface area (Å²) in [6.07, 6.45) is 2.02. The fourth-order valence-corrected chi connectivity index (χ4v) is 2.49. The van der Waals surface area contributed by atoms with Gasteiger partial charge in [0.1, 0.15) is 18.1 Å². The molecule has 0 fully saturated rings. The highest BCUT2D eigenvalue weighted by Crippen LogP contribution is 2.45. The molecular formula is C16H13N3O3. The van der Waals surface area contributed by atoms with Crippen molar-refractivity contribution in [1.82, 2.24) is 0 Å². The molecule has 1 aliphatic rings. The zero-order chi connectivity index (χ0) is 15.7. The van der Waals surface area contributed by atoms with Crippen LogP contribution in [-0.2, 0) is 4.74 Å². The molecule has 3 rings (SSSR count). The Hall–Kier alpha value is -3.20. The Kier molecular flexibility index (Phi) is 3.31. The highest BCUT2D eigenvalue weighted by Gasteiger charge is 2.24. The summed E-state index contributed by atoms with van der Waals surface area (Å²) in [5.41, 5.74) is 2.77. The molecule has 1 aliphatic heterocycles. The number of phenols is 1. The van der Waals surface area contributed by atoms with Gasteiger partial charge in [0.15, 0.2) is 6.19 Å². The number of anilines is 2. The average Bonchev–Trinajstić information content (AvgIpc) is 2.98. The number of nitrogens with zero attached hydrogens (tertiary/aromatic N) is 2. The minimum Gasteiger partial charge on any atom is -0.505 e. The van der Waals surface area contributed by atoms with E-state index in [9.17, 15) is 9.90 Å². The number of ether oxygens (including phenoxy) is 1. The van der Waals surface area contributed by atoms with Crippen molar-refractivity contribution in [3.05, 3.63) is 42.0 Å². The Morgan fingerprint density at radius 3 is 2.95 bits per heavy atom. The van der Waals surface area contributed by atoms with E-state index in [0.717, 1.165) is 0 Å². The number of aromatic hydroxyl groups is 1. The van der Waals surface area contributed by atoms with Gasteiger partial charge in [-0.25, -0.2) is 4.79 Å². The number of phenolic OH excluding ortho intramolecular Hbond substituents is 1. The monoisotopic (exact) mass is 295 g/mol. The SMILES string of the molecule is COC(=O)c1cccc(-c2ccc3c(c2O)N(C#N)CN3)c1. The fraction of sp³-hybridized carbons (Fsp3) is 0.125. The lowest BCUT2D eigenvalue weighted by Gasteiger charge is -2.12. The maximum atomic E-state index is 11.6. The summed E-state index contributed by atoms with van der Waals surface area (Å²) in [6, 6.07) is 10.3. The van der Waals surface area contributed by atoms with E-state index in [4.69, 9.17) is 10.00 Å². The van der Waals surface area contributed by atoms with Crippen LogP contribution in [-0.4, -0.2) is 24.9 Å². The number of fused-ring (bicyclic) bond motifs is 1. The molecule has 6 heteroatoms. The van der Waals surface area contributed by atoms with Gasteiger partial charge in [-0.05, 0) is 29.8 Å². The number of hydrogen-bond acceptors (Lipinski definition) is 6. The fourth-order valence-electron chi connectivity index (χ4n) is 2.49. The number of methoxy groups -OCH3 is 1. The van der Waals surface area contributed by atoms with Crippen LogP contribution >= 0.6 is 0 Å². The normalized spacial score (nSPS) is 12.3. The van der Waals surface area contributed by atoms with E-state index in [1.54, 1.807) is 36.4 Å². The molecule has 0 bridgehead atoms. The molecule has 6 nitrogen and oxygen atoms in total. The maximum absolute atomic E-state index is 11.6. The predicted octanol–water partition coefficient (Wildman–Crippen LogP) is 2.52. The molecule has 0 saturated heterocycles. The van der Waals surface area contributed by atoms with Gasteiger partial charge >= 0.3 is 5.97 Å². The third-order valence-corrected chi connectivity index (χ3v) is 3.56. The summed E-state index contributed by atoms with van der Waals surface area (Å²) in [5, 5.41) is 22.6. The van der Waals surface area contributed by atoms with Crippen molar-refractivity contribution in [1.29, 1.82) is 5.26 Å². The molecule has 110 valence electrons. The lowest BCUT2D eigenvalue weighted by atomic mass is 10.0. The van der Waals surface area contributed by atoms with Crippen LogP contribution in [0.3, 0.4) is 0 Å². The van der Waals surface area contributed by atoms with Crippen LogP contribution in [0.4, 0.5) is 11.4 Å². The van der Waals surface area contributed by atoms with Crippen LogP contribution in [0.1, 0.15) is 10.4 Å². The summed E-state index contributed by atoms with van der Waals surface area (Å²) >= 11 is 0. The number of rotatable bonds is 2. The van der Waals surface area contributed by atoms with Crippen molar-refractivity contribution in [2.24, 2.45) is 0 Å². The highest BCUT2D eigenvalue weighted by atomic mass is 16.5. The molecule has 0 radical (unpaired) electrons. The van der Waals surface area contributed by atoms with E-state index in [1.807, 2.05) is 6.19 Å². The third kappa shape index (κ3) is 2.09. The van der Waals surface area contributed by atoms with E-state index < -0.39 is 5.97 Å². The maximum Gasteiger partial charge on any atom is 0.337 e. The van der Waals surface area contributed by atoms with Crippen LogP contribution in [0.25, 0.3) is 11.1 Å². The number of nitrogens with one attached hydrogen (secondary N) is 1. The quantitative estimate of drug-likeness (QED) is 0.654. The van der Waals surface area contributed by atoms with Gasteiger partial charge in [0.05, 0.1) is 18.4 Å². The summed E-state index contributed by atoms with van der Waals surface area (Å²) in [5.74, 6) is -0.436. The zero-order valence-electron chi connectivity index (χ0n) is 11.8. The molecule has 0 atom stereocenters. The molecule has 22 heavy (non-hydrogen) atoms. The molecule has 1 heterocycles. The number of esters is 1. The minimum atomic E-state index is -0.442. The van der Waals surface area contributed by atoms with E-state index in [2.05, 4.69) is 5.32 Å². The number of benzene rings is 2. The molecule has 0 amide bonds. The molecule has 0 spiro atoms. The van der Waals surface area contributed by atoms with Crippen LogP contribution in [0, 0.1) is 11.5 Å². The number of nitriles is 1. The average molecular weight is 295 g/mol. The Morgan fingerprint density at radius 1 is 1.41 bits per heavy atom. The summed E-state index contributed by atoms with van der Waals surface area (Å²) < 4.78 is 4.70. The molecule has 0 saturated carbocycles. The van der Waals surface area contributed by atoms with Gasteiger partial charge in [0.2, 0.25) is 0 Å². The van der Waals surface area contributed by atoms with Crippen LogP contribution in [0.2, 0.25) is 0 Å². The van der Waals surface area contributed by atoms with Crippen molar-refractivity contribution < 1.29 is 14.6 Å². The Bertz CT molecular complexity index is 796. The number of carbonyl (C=O) groups excluding carboxylic acids is 1. The van der Waals surface area contributed by atoms with Crippen LogP contribution in [0.5, 0.6) is 5.75 Å². The van der Waals surface area contributed by atoms with E-state index >= 15 is 0 Å². The first-order valence-electron chi connectivity index (χ1n) is 6.61. The van der Waals surface area contributed by atoms with Gasteiger partial charge in [0, 0.05) is 5.56 Å². The second-order valence-electron chi connectivity index (χ2n) is 4.79. The smallest absolute Gasteiger partial charge is 0.337 e. The summed E-state index contributed by atoms with van der Waals surface area (Å²) in [6.45, 7) is 0.324. The molecule has 0 unspecified atom stereocenters. The van der Waals surface area contributed by atoms with Crippen molar-refractivity contribution in [3.63, 3.8) is 0 Å². The van der Waals surface area contributed by atoms with Crippen molar-refractivity contribution >= 4 is 17.3 Å². The molecule has 0 aromatic heterocycles. The van der Waals surface area contributed by atoms with Crippen LogP contribution < -0.4 is 10.2 Å². The van der Waals surface area contributed by atoms with Gasteiger partial charge in [0.25, 0.3) is 0 Å². The first kappa shape index (κ1) is 13.8. The highest BCUT2D eigenvalue weighted by molar-refractivity contribution is 5.93. The molecular weight excluding hydrogens is 282 g/mol. The number of carbonyl (C=O) groups is 1. The van der Waals surface area contributed by atoms with E-state index in [-0.39, 0.29) is 5.75 Å². The molecule has 0 aliphatic carbocycles. The van der Waals surface area contributed by atoms with Crippen molar-refractivity contribution in [2.45, 2.75) is 0 Å². The molecule has 2 aromatic rings. The standard InChI is InChI=1S/C16H13N3O3/c1-22-16(21)11-4-2-3-10(7-11)12-5-6-13-14(15(12)20)19(8-17)9-18-13/h2-7,18,20H,9H2,1H3. The van der Waals surface area contributed by atoms with Crippen LogP contribution in [0.15, 0.2) is 36.4 Å². The van der Waals surface area contributed by atoms with Crippen molar-refractivity contribution in [3.8, 4) is 23.1 Å². The minimum absolute atomic E-state index is 0.00562. The van der Waals surface area contributed by atoms with Gasteiger partial charge in [-0.15, -0.1) is 0 Å². The van der Waals surface area contributed by atoms with Gasteiger partial charge in [-0.2, -0.15) is 5.26 Å². The Labute approximate surface area is 127 Å². The lowest BCUT2D eigenvalue weighted by molar-refractivity contribution is 0.0601. The van der Waals surface area contributed by atoms with Crippen molar-refractivity contribution in [2.75, 3.05) is 24.0 Å². The number of hydrogen-bond donors (Lipinski definition) is 2. The third-order valence-electron chi connectivity index (χ3n) is 3.56. The second kappa shape index (κ2) is 5.30. The second-order valence-corrected chi connectivity index (χ2v) is 4.79. The van der Waals surface area contributed by atoms with E-state index in [1.165, 1.54) is 12.0 Å². The van der Waals surface area contributed by atoms with Gasteiger partial charge in [-0.3, -0.25) is 4.90 Å². The van der Waals surface area contributed by atoms with E-state index in [0.29, 0.717) is 34.7 Å². The van der Waals surface area contributed by atoms with Gasteiger partial charge in [-0.1, -0.05) is 12.1 Å². The largest absolute Gasteiger partial charge is 0.505 e. The molecule has 2 aromatic carbocycles. The van der Waals surface area contributed by atoms with Gasteiger partial charge < -0.3 is 15.2 Å². The molecule has 2 N–H and O–H groups in total. The first-order chi connectivity index (χ1) is 10.7. The summed E-state index contributed by atoms with van der Waals surface area (Å²) in [7, 11) is 1.32. The summed E-state index contributed by atoms with van der Waals surface area (Å²) in [4.78, 5) is 13.0. The first-order valence-corrected chi connectivity index (χ1v) is 6.61. The lowest BCUT2D eigenvalue weighted by Crippen LogP contribution is -2.15. The Balaban J connectivity index is 2.11. The zero-order valence-corrected chi connectivity index (χ0v) is 11.8. The topological polar surface area (TPSA) is 85.6 Å². The predicted molar refractivity (Wildman–Crippen MR) is 81.5 cm³/mol. The Morgan fingerprint density at radius 2 is 2.23 bits per heavy atom.